The Morgan fingerprint density at radius 2 is 1.83 bits per heavy atom. The molecule has 0 amide bonds. The van der Waals surface area contributed by atoms with Crippen LogP contribution in [0.3, 0.4) is 0 Å². The summed E-state index contributed by atoms with van der Waals surface area (Å²) in [5, 5.41) is 0.532. The predicted octanol–water partition coefficient (Wildman–Crippen LogP) is 4.02. The van der Waals surface area contributed by atoms with Gasteiger partial charge in [-0.25, -0.2) is 4.79 Å². The molecule has 1 aromatic carbocycles. The number of nitrogens with zero attached hydrogens (tertiary/aromatic N) is 1. The van der Waals surface area contributed by atoms with Gasteiger partial charge in [-0.2, -0.15) is 0 Å². The molecule has 1 aromatic heterocycles. The maximum absolute atomic E-state index is 12.4. The zero-order valence-electron chi connectivity index (χ0n) is 14.0. The van der Waals surface area contributed by atoms with Crippen LogP contribution in [0.15, 0.2) is 30.3 Å². The number of ether oxygens (including phenoxy) is 1. The predicted molar refractivity (Wildman–Crippen MR) is 96.7 cm³/mol. The molecular formula is C18H24N2O2S. The zero-order chi connectivity index (χ0) is 16.8. The summed E-state index contributed by atoms with van der Waals surface area (Å²) in [6.45, 7) is 9.11. The highest BCUT2D eigenvalue weighted by Crippen LogP contribution is 2.39. The average Bonchev–Trinajstić information content (AvgIpc) is 2.89. The van der Waals surface area contributed by atoms with Crippen molar-refractivity contribution < 1.29 is 9.53 Å². The zero-order valence-corrected chi connectivity index (χ0v) is 14.8. The van der Waals surface area contributed by atoms with Crippen LogP contribution in [0, 0.1) is 0 Å². The van der Waals surface area contributed by atoms with Crippen LogP contribution in [0.1, 0.15) is 36.0 Å². The van der Waals surface area contributed by atoms with Crippen LogP contribution in [0.4, 0.5) is 5.00 Å². The number of benzene rings is 1. The van der Waals surface area contributed by atoms with Gasteiger partial charge in [0.1, 0.15) is 10.6 Å². The summed E-state index contributed by atoms with van der Waals surface area (Å²) in [7, 11) is 0. The monoisotopic (exact) mass is 332 g/mol. The second-order valence-corrected chi connectivity index (χ2v) is 6.32. The number of hydrogen-bond acceptors (Lipinski definition) is 5. The summed E-state index contributed by atoms with van der Waals surface area (Å²) < 4.78 is 5.22. The quantitative estimate of drug-likeness (QED) is 0.778. The highest BCUT2D eigenvalue weighted by molar-refractivity contribution is 7.17. The van der Waals surface area contributed by atoms with Gasteiger partial charge in [-0.05, 0) is 25.6 Å². The molecule has 0 atom stereocenters. The van der Waals surface area contributed by atoms with Crippen LogP contribution >= 0.6 is 11.3 Å². The normalized spacial score (nSPS) is 11.0. The Bertz CT molecular complexity index is 649. The van der Waals surface area contributed by atoms with Crippen molar-refractivity contribution in [2.45, 2.75) is 27.3 Å². The summed E-state index contributed by atoms with van der Waals surface area (Å²) in [6.07, 6.45) is 0. The van der Waals surface area contributed by atoms with E-state index in [-0.39, 0.29) is 5.97 Å². The molecule has 124 valence electrons. The summed E-state index contributed by atoms with van der Waals surface area (Å²) in [5.74, 6) is -0.342. The number of nitrogen functional groups attached to an aromatic ring is 1. The molecule has 4 nitrogen and oxygen atoms in total. The van der Waals surface area contributed by atoms with Crippen molar-refractivity contribution in [2.75, 3.05) is 25.4 Å². The Labute approximate surface area is 141 Å². The van der Waals surface area contributed by atoms with Crippen LogP contribution in [-0.4, -0.2) is 30.6 Å². The van der Waals surface area contributed by atoms with Crippen molar-refractivity contribution in [3.63, 3.8) is 0 Å². The fraction of sp³-hybridized carbons (Fsp3) is 0.389. The molecule has 2 N–H and O–H groups in total. The number of esters is 1. The van der Waals surface area contributed by atoms with E-state index in [9.17, 15) is 4.79 Å². The van der Waals surface area contributed by atoms with E-state index in [2.05, 4.69) is 18.7 Å². The highest BCUT2D eigenvalue weighted by Gasteiger charge is 2.25. The molecule has 0 unspecified atom stereocenters. The first kappa shape index (κ1) is 17.5. The number of carbonyl (C=O) groups excluding carboxylic acids is 1. The van der Waals surface area contributed by atoms with E-state index in [4.69, 9.17) is 10.5 Å². The molecular weight excluding hydrogens is 308 g/mol. The van der Waals surface area contributed by atoms with E-state index in [1.165, 1.54) is 11.3 Å². The number of rotatable bonds is 7. The van der Waals surface area contributed by atoms with Crippen molar-refractivity contribution >= 4 is 22.3 Å². The first-order chi connectivity index (χ1) is 11.1. The standard InChI is InChI=1S/C18H24N2O2S/c1-4-20(5-2)12-14-15(13-10-8-7-9-11-13)16(17(19)23-14)18(21)22-6-3/h7-11H,4-6,12,19H2,1-3H3. The number of carbonyl (C=O) groups is 1. The van der Waals surface area contributed by atoms with E-state index in [0.29, 0.717) is 17.2 Å². The maximum Gasteiger partial charge on any atom is 0.341 e. The molecule has 2 rings (SSSR count). The summed E-state index contributed by atoms with van der Waals surface area (Å²) in [4.78, 5) is 15.8. The van der Waals surface area contributed by atoms with Crippen molar-refractivity contribution in [3.05, 3.63) is 40.8 Å². The minimum absolute atomic E-state index is 0.341. The third kappa shape index (κ3) is 3.92. The lowest BCUT2D eigenvalue weighted by molar-refractivity contribution is 0.0529. The molecule has 0 aliphatic rings. The van der Waals surface area contributed by atoms with Crippen molar-refractivity contribution in [1.29, 1.82) is 0 Å². The molecule has 0 spiro atoms. The van der Waals surface area contributed by atoms with Crippen LogP contribution < -0.4 is 5.73 Å². The van der Waals surface area contributed by atoms with Gasteiger partial charge in [0.05, 0.1) is 6.61 Å². The SMILES string of the molecule is CCOC(=O)c1c(N)sc(CN(CC)CC)c1-c1ccccc1. The van der Waals surface area contributed by atoms with Gasteiger partial charge in [-0.3, -0.25) is 4.90 Å². The largest absolute Gasteiger partial charge is 0.462 e. The number of nitrogens with two attached hydrogens (primary N) is 1. The Morgan fingerprint density at radius 3 is 2.39 bits per heavy atom. The molecule has 0 saturated carbocycles. The van der Waals surface area contributed by atoms with Crippen molar-refractivity contribution in [3.8, 4) is 11.1 Å². The second kappa shape index (κ2) is 8.13. The van der Waals surface area contributed by atoms with Crippen molar-refractivity contribution in [2.24, 2.45) is 0 Å². The minimum Gasteiger partial charge on any atom is -0.462 e. The third-order valence-corrected chi connectivity index (χ3v) is 4.82. The first-order valence-electron chi connectivity index (χ1n) is 7.98. The lowest BCUT2D eigenvalue weighted by Crippen LogP contribution is -2.22. The first-order valence-corrected chi connectivity index (χ1v) is 8.79. The fourth-order valence-corrected chi connectivity index (χ4v) is 3.70. The van der Waals surface area contributed by atoms with E-state index in [1.807, 2.05) is 30.3 Å². The highest BCUT2D eigenvalue weighted by atomic mass is 32.1. The van der Waals surface area contributed by atoms with Gasteiger partial charge in [-0.1, -0.05) is 44.2 Å². The van der Waals surface area contributed by atoms with Crippen LogP contribution in [0.25, 0.3) is 11.1 Å². The summed E-state index contributed by atoms with van der Waals surface area (Å²) >= 11 is 1.48. The fourth-order valence-electron chi connectivity index (χ4n) is 2.58. The Balaban J connectivity index is 2.54. The maximum atomic E-state index is 12.4. The topological polar surface area (TPSA) is 55.6 Å². The smallest absolute Gasteiger partial charge is 0.341 e. The molecule has 0 saturated heterocycles. The molecule has 0 radical (unpaired) electrons. The molecule has 1 heterocycles. The Kier molecular flexibility index (Phi) is 6.19. The molecule has 23 heavy (non-hydrogen) atoms. The molecule has 5 heteroatoms. The van der Waals surface area contributed by atoms with Gasteiger partial charge >= 0.3 is 5.97 Å². The molecule has 0 aliphatic heterocycles. The Morgan fingerprint density at radius 1 is 1.17 bits per heavy atom. The second-order valence-electron chi connectivity index (χ2n) is 5.19. The van der Waals surface area contributed by atoms with E-state index >= 15 is 0 Å². The van der Waals surface area contributed by atoms with Gasteiger partial charge in [-0.15, -0.1) is 11.3 Å². The van der Waals surface area contributed by atoms with E-state index in [0.717, 1.165) is 35.6 Å². The van der Waals surface area contributed by atoms with Crippen LogP contribution in [-0.2, 0) is 11.3 Å². The number of anilines is 1. The third-order valence-electron chi connectivity index (χ3n) is 3.81. The van der Waals surface area contributed by atoms with Gasteiger partial charge < -0.3 is 10.5 Å². The van der Waals surface area contributed by atoms with Gasteiger partial charge in [0.2, 0.25) is 0 Å². The number of thiophene rings is 1. The molecule has 2 aromatic rings. The van der Waals surface area contributed by atoms with Gasteiger partial charge in [0, 0.05) is 17.0 Å². The van der Waals surface area contributed by atoms with E-state index in [1.54, 1.807) is 6.92 Å². The van der Waals surface area contributed by atoms with Gasteiger partial charge in [0.15, 0.2) is 0 Å². The Hall–Kier alpha value is -1.85. The lowest BCUT2D eigenvalue weighted by Gasteiger charge is -2.18. The lowest BCUT2D eigenvalue weighted by atomic mass is 10.0. The van der Waals surface area contributed by atoms with E-state index < -0.39 is 0 Å². The average molecular weight is 332 g/mol. The molecule has 0 fully saturated rings. The summed E-state index contributed by atoms with van der Waals surface area (Å²) in [6, 6.07) is 9.93. The summed E-state index contributed by atoms with van der Waals surface area (Å²) in [5.41, 5.74) is 8.59. The molecule has 0 aliphatic carbocycles. The van der Waals surface area contributed by atoms with Crippen molar-refractivity contribution in [1.82, 2.24) is 4.90 Å². The van der Waals surface area contributed by atoms with Crippen LogP contribution in [0.2, 0.25) is 0 Å². The minimum atomic E-state index is -0.342. The van der Waals surface area contributed by atoms with Crippen LogP contribution in [0.5, 0.6) is 0 Å². The molecule has 0 bridgehead atoms. The number of hydrogen-bond donors (Lipinski definition) is 1. The van der Waals surface area contributed by atoms with Gasteiger partial charge in [0.25, 0.3) is 0 Å².